The van der Waals surface area contributed by atoms with Gasteiger partial charge in [-0.15, -0.1) is 0 Å². The van der Waals surface area contributed by atoms with E-state index in [0.29, 0.717) is 33.7 Å². The highest BCUT2D eigenvalue weighted by Gasteiger charge is 2.43. The number of hydrogen-bond donors (Lipinski definition) is 1. The van der Waals surface area contributed by atoms with Crippen molar-refractivity contribution in [2.24, 2.45) is 0 Å². The van der Waals surface area contributed by atoms with Gasteiger partial charge in [0.25, 0.3) is 0 Å². The lowest BCUT2D eigenvalue weighted by Gasteiger charge is -2.29. The van der Waals surface area contributed by atoms with E-state index in [1.54, 1.807) is 6.07 Å². The molecule has 6 nitrogen and oxygen atoms in total. The zero-order chi connectivity index (χ0) is 26.3. The van der Waals surface area contributed by atoms with Gasteiger partial charge in [0.1, 0.15) is 12.4 Å². The van der Waals surface area contributed by atoms with E-state index in [2.05, 4.69) is 56.6 Å². The standard InChI is InChI=1S/C29H20I2N2O4/c1-15-23(29(35)36-2)24(25-26(33-15)19-9-5-6-10-20(19)27(25)34)18-11-21(30)28(22(31)12-18)37-14-17-8-4-3-7-16(17)13-32/h3-12,24,33H,14H2,1-2H3/t24-/m1/s1. The summed E-state index contributed by atoms with van der Waals surface area (Å²) in [6.45, 7) is 2.08. The Hall–Kier alpha value is -3.17. The monoisotopic (exact) mass is 714 g/mol. The second-order valence-electron chi connectivity index (χ2n) is 8.62. The first-order valence-electron chi connectivity index (χ1n) is 11.4. The number of fused-ring (bicyclic) bond motifs is 2. The summed E-state index contributed by atoms with van der Waals surface area (Å²) in [4.78, 5) is 26.6. The molecule has 2 aliphatic rings. The number of rotatable bonds is 5. The van der Waals surface area contributed by atoms with Gasteiger partial charge in [0.2, 0.25) is 0 Å². The zero-order valence-electron chi connectivity index (χ0n) is 19.9. The molecular weight excluding hydrogens is 694 g/mol. The Balaban J connectivity index is 1.58. The van der Waals surface area contributed by atoms with Crippen molar-refractivity contribution in [3.8, 4) is 11.8 Å². The molecule has 1 atom stereocenters. The maximum atomic E-state index is 13.6. The smallest absolute Gasteiger partial charge is 0.336 e. The molecule has 8 heteroatoms. The van der Waals surface area contributed by atoms with Gasteiger partial charge in [-0.05, 0) is 75.9 Å². The molecule has 0 saturated heterocycles. The van der Waals surface area contributed by atoms with Crippen molar-refractivity contribution in [3.05, 3.63) is 112 Å². The molecule has 5 rings (SSSR count). The largest absolute Gasteiger partial charge is 0.487 e. The number of nitriles is 1. The number of dihydropyridines is 1. The fourth-order valence-corrected chi connectivity index (χ4v) is 6.96. The zero-order valence-corrected chi connectivity index (χ0v) is 24.2. The Morgan fingerprint density at radius 2 is 1.70 bits per heavy atom. The summed E-state index contributed by atoms with van der Waals surface area (Å²) in [5.41, 5.74) is 5.94. The number of esters is 1. The van der Waals surface area contributed by atoms with Crippen molar-refractivity contribution in [3.63, 3.8) is 0 Å². The lowest BCUT2D eigenvalue weighted by Crippen LogP contribution is -2.29. The third kappa shape index (κ3) is 4.44. The van der Waals surface area contributed by atoms with Crippen LogP contribution in [0.25, 0.3) is 5.70 Å². The number of allylic oxidation sites excluding steroid dienone is 2. The number of Topliss-reactive ketones (excluding diaryl/α,β-unsaturated/α-hetero) is 1. The van der Waals surface area contributed by atoms with Gasteiger partial charge in [-0.25, -0.2) is 4.79 Å². The van der Waals surface area contributed by atoms with Gasteiger partial charge in [0.15, 0.2) is 5.78 Å². The van der Waals surface area contributed by atoms with E-state index in [-0.39, 0.29) is 12.4 Å². The van der Waals surface area contributed by atoms with E-state index < -0.39 is 11.9 Å². The van der Waals surface area contributed by atoms with Crippen LogP contribution >= 0.6 is 45.2 Å². The normalized spacial score (nSPS) is 16.1. The number of nitrogens with zero attached hydrogens (tertiary/aromatic N) is 1. The molecule has 0 amide bonds. The fraction of sp³-hybridized carbons (Fsp3) is 0.138. The van der Waals surface area contributed by atoms with Crippen molar-refractivity contribution in [1.29, 1.82) is 5.26 Å². The van der Waals surface area contributed by atoms with Gasteiger partial charge in [0, 0.05) is 33.9 Å². The molecule has 0 aromatic heterocycles. The first-order valence-corrected chi connectivity index (χ1v) is 13.6. The molecule has 37 heavy (non-hydrogen) atoms. The SMILES string of the molecule is COC(=O)C1=C(C)NC2=C(C(=O)c3ccccc32)[C@@H]1c1cc(I)c(OCc2ccccc2C#N)c(I)c1. The summed E-state index contributed by atoms with van der Waals surface area (Å²) in [6.07, 6.45) is 0. The number of benzene rings is 3. The van der Waals surface area contributed by atoms with Gasteiger partial charge in [0.05, 0.1) is 37.2 Å². The molecule has 0 unspecified atom stereocenters. The van der Waals surface area contributed by atoms with Crippen LogP contribution in [-0.4, -0.2) is 18.9 Å². The summed E-state index contributed by atoms with van der Waals surface area (Å²) in [6, 6.07) is 20.9. The summed E-state index contributed by atoms with van der Waals surface area (Å²) in [5.74, 6) is -0.500. The maximum absolute atomic E-state index is 13.6. The minimum absolute atomic E-state index is 0.101. The van der Waals surface area contributed by atoms with Crippen LogP contribution in [0.1, 0.15) is 45.5 Å². The lowest BCUT2D eigenvalue weighted by atomic mass is 9.80. The van der Waals surface area contributed by atoms with Gasteiger partial charge >= 0.3 is 5.97 Å². The van der Waals surface area contributed by atoms with Crippen molar-refractivity contribution in [2.75, 3.05) is 7.11 Å². The molecule has 1 aliphatic heterocycles. The summed E-state index contributed by atoms with van der Waals surface area (Å²) < 4.78 is 13.0. The second kappa shape index (κ2) is 10.3. The Bertz CT molecular complexity index is 1560. The Labute approximate surface area is 241 Å². The highest BCUT2D eigenvalue weighted by Crippen LogP contribution is 2.48. The number of carbonyl (C=O) groups is 2. The van der Waals surface area contributed by atoms with Crippen LogP contribution in [0.3, 0.4) is 0 Å². The van der Waals surface area contributed by atoms with Gasteiger partial charge in [-0.1, -0.05) is 42.5 Å². The van der Waals surface area contributed by atoms with Crippen LogP contribution in [0.2, 0.25) is 0 Å². The van der Waals surface area contributed by atoms with Crippen LogP contribution in [0, 0.1) is 18.5 Å². The minimum atomic E-state index is -0.598. The molecule has 3 aromatic rings. The van der Waals surface area contributed by atoms with Crippen molar-refractivity contribution < 1.29 is 19.1 Å². The van der Waals surface area contributed by atoms with Gasteiger partial charge in [-0.2, -0.15) is 5.26 Å². The third-order valence-corrected chi connectivity index (χ3v) is 8.12. The number of methoxy groups -OCH3 is 1. The van der Waals surface area contributed by atoms with E-state index in [1.165, 1.54) is 7.11 Å². The summed E-state index contributed by atoms with van der Waals surface area (Å²) >= 11 is 4.42. The second-order valence-corrected chi connectivity index (χ2v) is 10.9. The predicted octanol–water partition coefficient (Wildman–Crippen LogP) is 6.09. The molecular formula is C29H20I2N2O4. The van der Waals surface area contributed by atoms with E-state index in [0.717, 1.165) is 29.5 Å². The average Bonchev–Trinajstić information content (AvgIpc) is 3.18. The summed E-state index contributed by atoms with van der Waals surface area (Å²) in [7, 11) is 1.35. The predicted molar refractivity (Wildman–Crippen MR) is 156 cm³/mol. The van der Waals surface area contributed by atoms with Crippen molar-refractivity contribution in [1.82, 2.24) is 5.32 Å². The number of halogens is 2. The molecule has 1 heterocycles. The molecule has 0 radical (unpaired) electrons. The van der Waals surface area contributed by atoms with Crippen LogP contribution < -0.4 is 10.1 Å². The first kappa shape index (κ1) is 25.5. The fourth-order valence-electron chi connectivity index (χ4n) is 4.83. The highest BCUT2D eigenvalue weighted by molar-refractivity contribution is 14.1. The van der Waals surface area contributed by atoms with E-state index in [9.17, 15) is 14.9 Å². The molecule has 3 aromatic carbocycles. The third-order valence-electron chi connectivity index (χ3n) is 6.52. The van der Waals surface area contributed by atoms with Gasteiger partial charge in [-0.3, -0.25) is 4.79 Å². The van der Waals surface area contributed by atoms with Crippen LogP contribution in [-0.2, 0) is 16.1 Å². The quantitative estimate of drug-likeness (QED) is 0.255. The Morgan fingerprint density at radius 3 is 2.38 bits per heavy atom. The van der Waals surface area contributed by atoms with Gasteiger partial charge < -0.3 is 14.8 Å². The molecule has 1 aliphatic carbocycles. The molecule has 184 valence electrons. The Morgan fingerprint density at radius 1 is 1.05 bits per heavy atom. The van der Waals surface area contributed by atoms with Crippen LogP contribution in [0.4, 0.5) is 0 Å². The molecule has 1 N–H and O–H groups in total. The lowest BCUT2D eigenvalue weighted by molar-refractivity contribution is -0.136. The van der Waals surface area contributed by atoms with Crippen LogP contribution in [0.5, 0.6) is 5.75 Å². The summed E-state index contributed by atoms with van der Waals surface area (Å²) in [5, 5.41) is 12.7. The molecule has 0 saturated carbocycles. The Kier molecular flexibility index (Phi) is 7.09. The molecule has 0 fully saturated rings. The highest BCUT2D eigenvalue weighted by atomic mass is 127. The maximum Gasteiger partial charge on any atom is 0.336 e. The number of nitrogens with one attached hydrogen (secondary N) is 1. The van der Waals surface area contributed by atoms with E-state index in [1.807, 2.05) is 61.5 Å². The molecule has 0 spiro atoms. The number of ketones is 1. The van der Waals surface area contributed by atoms with E-state index >= 15 is 0 Å². The first-order chi connectivity index (χ1) is 17.8. The minimum Gasteiger partial charge on any atom is -0.487 e. The van der Waals surface area contributed by atoms with Crippen molar-refractivity contribution in [2.45, 2.75) is 19.4 Å². The van der Waals surface area contributed by atoms with Crippen molar-refractivity contribution >= 4 is 62.6 Å². The molecule has 0 bridgehead atoms. The number of hydrogen-bond acceptors (Lipinski definition) is 6. The number of carbonyl (C=O) groups excluding carboxylic acids is 2. The topological polar surface area (TPSA) is 88.4 Å². The van der Waals surface area contributed by atoms with Crippen LogP contribution in [0.15, 0.2) is 77.5 Å². The number of ether oxygens (including phenoxy) is 2. The van der Waals surface area contributed by atoms with E-state index in [4.69, 9.17) is 9.47 Å². The average molecular weight is 714 g/mol.